The lowest BCUT2D eigenvalue weighted by Gasteiger charge is -2.29. The van der Waals surface area contributed by atoms with Crippen LogP contribution in [0, 0.1) is 0 Å². The highest BCUT2D eigenvalue weighted by atomic mass is 32.1. The Kier molecular flexibility index (Phi) is 7.56. The lowest BCUT2D eigenvalue weighted by Crippen LogP contribution is -2.33. The normalized spacial score (nSPS) is 17.0. The lowest BCUT2D eigenvalue weighted by atomic mass is 10.0. The maximum absolute atomic E-state index is 13.0. The van der Waals surface area contributed by atoms with Crippen molar-refractivity contribution in [3.8, 4) is 0 Å². The number of aryl methyl sites for hydroxylation is 1. The van der Waals surface area contributed by atoms with Crippen LogP contribution in [0.15, 0.2) is 91.5 Å². The van der Waals surface area contributed by atoms with E-state index in [2.05, 4.69) is 61.4 Å². The van der Waals surface area contributed by atoms with E-state index in [0.29, 0.717) is 24.6 Å². The van der Waals surface area contributed by atoms with Gasteiger partial charge in [-0.3, -0.25) is 14.8 Å². The first-order chi connectivity index (χ1) is 18.1. The van der Waals surface area contributed by atoms with Crippen LogP contribution in [0.1, 0.15) is 47.9 Å². The minimum Gasteiger partial charge on any atom is -0.352 e. The fourth-order valence-electron chi connectivity index (χ4n) is 4.88. The van der Waals surface area contributed by atoms with Crippen molar-refractivity contribution >= 4 is 28.9 Å². The van der Waals surface area contributed by atoms with Crippen molar-refractivity contribution < 1.29 is 4.79 Å². The number of aromatic nitrogens is 3. The van der Waals surface area contributed by atoms with Crippen LogP contribution >= 0.6 is 12.2 Å². The van der Waals surface area contributed by atoms with Crippen molar-refractivity contribution in [1.29, 1.82) is 0 Å². The standard InChI is InChI=1S/C29H30N6OS/c1-2-22-10-3-4-11-23(22)32-26(36)14-18-35-28(27(33-29(35)37)24-12-5-6-16-31-24)25-13-8-17-34(25)20-21-9-7-15-30-19-21/h3-13,15-17,19,27-28H,2,14,18,20H2,1H3,(H,32,36)(H,33,37)/t27-,28-/m1/s1. The van der Waals surface area contributed by atoms with Gasteiger partial charge in [-0.25, -0.2) is 0 Å². The molecule has 1 amide bonds. The topological polar surface area (TPSA) is 75.1 Å². The molecule has 1 aliphatic rings. The van der Waals surface area contributed by atoms with E-state index in [-0.39, 0.29) is 18.0 Å². The molecule has 37 heavy (non-hydrogen) atoms. The van der Waals surface area contributed by atoms with E-state index in [1.54, 1.807) is 12.4 Å². The first kappa shape index (κ1) is 24.6. The molecule has 0 unspecified atom stereocenters. The van der Waals surface area contributed by atoms with Gasteiger partial charge in [-0.15, -0.1) is 0 Å². The van der Waals surface area contributed by atoms with Gasteiger partial charge in [-0.1, -0.05) is 37.3 Å². The molecule has 0 radical (unpaired) electrons. The highest BCUT2D eigenvalue weighted by molar-refractivity contribution is 7.80. The second-order valence-corrected chi connectivity index (χ2v) is 9.44. The average molecular weight is 511 g/mol. The van der Waals surface area contributed by atoms with Crippen molar-refractivity contribution in [2.24, 2.45) is 0 Å². The third-order valence-electron chi connectivity index (χ3n) is 6.69. The first-order valence-corrected chi connectivity index (χ1v) is 12.9. The zero-order chi connectivity index (χ0) is 25.6. The molecule has 1 aliphatic heterocycles. The summed E-state index contributed by atoms with van der Waals surface area (Å²) in [7, 11) is 0. The molecule has 2 atom stereocenters. The number of benzene rings is 1. The summed E-state index contributed by atoms with van der Waals surface area (Å²) in [5.41, 5.74) is 5.11. The molecule has 3 aromatic heterocycles. The minimum atomic E-state index is -0.139. The van der Waals surface area contributed by atoms with Crippen molar-refractivity contribution in [2.75, 3.05) is 11.9 Å². The van der Waals surface area contributed by atoms with Gasteiger partial charge in [-0.2, -0.15) is 0 Å². The van der Waals surface area contributed by atoms with Crippen LogP contribution in [0.25, 0.3) is 0 Å². The summed E-state index contributed by atoms with van der Waals surface area (Å²) >= 11 is 5.80. The minimum absolute atomic E-state index is 0.0329. The lowest BCUT2D eigenvalue weighted by molar-refractivity contribution is -0.116. The number of carbonyl (C=O) groups is 1. The number of nitrogens with zero attached hydrogens (tertiary/aromatic N) is 4. The fraction of sp³-hybridized carbons (Fsp3) is 0.241. The maximum atomic E-state index is 13.0. The van der Waals surface area contributed by atoms with E-state index in [0.717, 1.165) is 34.6 Å². The zero-order valence-electron chi connectivity index (χ0n) is 20.7. The van der Waals surface area contributed by atoms with Gasteiger partial charge in [0.25, 0.3) is 0 Å². The molecule has 1 saturated heterocycles. The predicted octanol–water partition coefficient (Wildman–Crippen LogP) is 4.89. The Morgan fingerprint density at radius 3 is 2.70 bits per heavy atom. The van der Waals surface area contributed by atoms with Gasteiger partial charge in [0.1, 0.15) is 0 Å². The molecule has 5 rings (SSSR count). The summed E-state index contributed by atoms with van der Waals surface area (Å²) in [6.07, 6.45) is 8.71. The summed E-state index contributed by atoms with van der Waals surface area (Å²) < 4.78 is 2.22. The van der Waals surface area contributed by atoms with E-state index in [9.17, 15) is 4.79 Å². The quantitative estimate of drug-likeness (QED) is 0.312. The van der Waals surface area contributed by atoms with Crippen molar-refractivity contribution in [3.63, 3.8) is 0 Å². The van der Waals surface area contributed by atoms with Gasteiger partial charge in [0.15, 0.2) is 5.11 Å². The molecule has 0 saturated carbocycles. The number of carbonyl (C=O) groups excluding carboxylic acids is 1. The fourth-order valence-corrected chi connectivity index (χ4v) is 5.21. The summed E-state index contributed by atoms with van der Waals surface area (Å²) in [5, 5.41) is 7.18. The summed E-state index contributed by atoms with van der Waals surface area (Å²) in [5.74, 6) is -0.0329. The second-order valence-electron chi connectivity index (χ2n) is 9.05. The molecule has 1 fully saturated rings. The van der Waals surface area contributed by atoms with E-state index >= 15 is 0 Å². The van der Waals surface area contributed by atoms with Crippen LogP contribution in [-0.4, -0.2) is 37.0 Å². The van der Waals surface area contributed by atoms with Gasteiger partial charge in [0.05, 0.1) is 17.8 Å². The summed E-state index contributed by atoms with van der Waals surface area (Å²) in [6.45, 7) is 3.26. The third kappa shape index (κ3) is 5.54. The molecule has 7 nitrogen and oxygen atoms in total. The van der Waals surface area contributed by atoms with Crippen molar-refractivity contribution in [3.05, 3.63) is 114 Å². The number of anilines is 1. The molecular weight excluding hydrogens is 480 g/mol. The molecule has 0 spiro atoms. The summed E-state index contributed by atoms with van der Waals surface area (Å²) in [6, 6.07) is 21.8. The summed E-state index contributed by atoms with van der Waals surface area (Å²) in [4.78, 5) is 24.0. The molecule has 0 aliphatic carbocycles. The molecule has 0 bridgehead atoms. The number of hydrogen-bond donors (Lipinski definition) is 2. The Hall–Kier alpha value is -4.04. The maximum Gasteiger partial charge on any atom is 0.226 e. The molecule has 1 aromatic carbocycles. The zero-order valence-corrected chi connectivity index (χ0v) is 21.6. The van der Waals surface area contributed by atoms with Crippen LogP contribution in [0.5, 0.6) is 0 Å². The number of para-hydroxylation sites is 1. The Balaban J connectivity index is 1.40. The monoisotopic (exact) mass is 510 g/mol. The van der Waals surface area contributed by atoms with E-state index in [1.807, 2.05) is 54.7 Å². The molecular formula is C29H30N6OS. The SMILES string of the molecule is CCc1ccccc1NC(=O)CCN1C(=S)N[C@H](c2ccccn2)[C@H]1c1cccn1Cc1cccnc1. The first-order valence-electron chi connectivity index (χ1n) is 12.5. The number of pyridine rings is 2. The molecule has 4 heterocycles. The van der Waals surface area contributed by atoms with Gasteiger partial charge >= 0.3 is 0 Å². The van der Waals surface area contributed by atoms with Crippen LogP contribution in [0.4, 0.5) is 5.69 Å². The molecule has 2 N–H and O–H groups in total. The largest absolute Gasteiger partial charge is 0.352 e. The van der Waals surface area contributed by atoms with Crippen LogP contribution < -0.4 is 10.6 Å². The van der Waals surface area contributed by atoms with Crippen LogP contribution in [0.3, 0.4) is 0 Å². The number of nitrogens with one attached hydrogen (secondary N) is 2. The molecule has 188 valence electrons. The van der Waals surface area contributed by atoms with Crippen LogP contribution in [0.2, 0.25) is 0 Å². The average Bonchev–Trinajstić information content (AvgIpc) is 3.52. The third-order valence-corrected chi connectivity index (χ3v) is 7.05. The smallest absolute Gasteiger partial charge is 0.226 e. The van der Waals surface area contributed by atoms with E-state index in [4.69, 9.17) is 12.2 Å². The number of hydrogen-bond acceptors (Lipinski definition) is 4. The highest BCUT2D eigenvalue weighted by Gasteiger charge is 2.41. The Morgan fingerprint density at radius 2 is 1.92 bits per heavy atom. The second kappa shape index (κ2) is 11.3. The van der Waals surface area contributed by atoms with Gasteiger partial charge < -0.3 is 20.1 Å². The van der Waals surface area contributed by atoms with Crippen molar-refractivity contribution in [1.82, 2.24) is 24.8 Å². The van der Waals surface area contributed by atoms with Gasteiger partial charge in [-0.05, 0) is 66.2 Å². The van der Waals surface area contributed by atoms with Gasteiger partial charge in [0.2, 0.25) is 5.91 Å². The highest BCUT2D eigenvalue weighted by Crippen LogP contribution is 2.39. The predicted molar refractivity (Wildman–Crippen MR) is 149 cm³/mol. The Labute approximate surface area is 222 Å². The van der Waals surface area contributed by atoms with Crippen LogP contribution in [-0.2, 0) is 17.8 Å². The Bertz CT molecular complexity index is 1360. The molecule has 8 heteroatoms. The number of amides is 1. The van der Waals surface area contributed by atoms with Crippen molar-refractivity contribution in [2.45, 2.75) is 38.4 Å². The number of rotatable bonds is 9. The van der Waals surface area contributed by atoms with E-state index in [1.165, 1.54) is 0 Å². The van der Waals surface area contributed by atoms with E-state index < -0.39 is 0 Å². The number of thiocarbonyl (C=S) groups is 1. The van der Waals surface area contributed by atoms with Gasteiger partial charge in [0, 0.05) is 55.7 Å². The molecule has 4 aromatic rings. The Morgan fingerprint density at radius 1 is 1.05 bits per heavy atom.